The molecule has 4 nitrogen and oxygen atoms in total. The first-order valence-corrected chi connectivity index (χ1v) is 8.22. The SMILES string of the molecule is C.C=C(/C=C\C=C/CON(O)CCCC)C(C)(C)C.CC(C)(C)O. The Morgan fingerprint density at radius 1 is 1.12 bits per heavy atom. The fraction of sp³-hybridized carbons (Fsp3) is 0.700. The quantitative estimate of drug-likeness (QED) is 0.449. The van der Waals surface area contributed by atoms with Crippen LogP contribution in [0, 0.1) is 5.41 Å². The molecule has 2 N–H and O–H groups in total. The second-order valence-electron chi connectivity index (χ2n) is 7.46. The van der Waals surface area contributed by atoms with Crippen LogP contribution in [0.2, 0.25) is 0 Å². The van der Waals surface area contributed by atoms with E-state index in [1.807, 2.05) is 24.3 Å². The molecule has 4 heteroatoms. The largest absolute Gasteiger partial charge is 0.391 e. The van der Waals surface area contributed by atoms with Crippen LogP contribution < -0.4 is 0 Å². The van der Waals surface area contributed by atoms with E-state index in [0.29, 0.717) is 13.2 Å². The van der Waals surface area contributed by atoms with Gasteiger partial charge in [-0.3, -0.25) is 10.0 Å². The standard InChI is InChI=1S/C15H27NO2.C4H10O.CH4/c1-6-7-12-16(17)18-13-10-8-9-11-14(2)15(3,4)5;1-4(2,3)5;/h8-11,17H,2,6-7,12-13H2,1,3-5H3;5H,1-3H3;1H4/b10-8-,11-9-;;. The van der Waals surface area contributed by atoms with Crippen LogP contribution >= 0.6 is 0 Å². The summed E-state index contributed by atoms with van der Waals surface area (Å²) in [6.07, 6.45) is 9.63. The van der Waals surface area contributed by atoms with Crippen LogP contribution in [-0.2, 0) is 4.84 Å². The van der Waals surface area contributed by atoms with Crippen molar-refractivity contribution in [3.63, 3.8) is 0 Å². The molecule has 144 valence electrons. The lowest BCUT2D eigenvalue weighted by Gasteiger charge is -2.18. The number of allylic oxidation sites excluding steroid dienone is 4. The summed E-state index contributed by atoms with van der Waals surface area (Å²) in [5.74, 6) is 0. The van der Waals surface area contributed by atoms with Gasteiger partial charge in [0.1, 0.15) is 0 Å². The second-order valence-corrected chi connectivity index (χ2v) is 7.46. The molecule has 0 aliphatic rings. The summed E-state index contributed by atoms with van der Waals surface area (Å²) in [5.41, 5.74) is 0.683. The summed E-state index contributed by atoms with van der Waals surface area (Å²) in [7, 11) is 0. The molecule has 0 fully saturated rings. The van der Waals surface area contributed by atoms with E-state index < -0.39 is 5.60 Å². The van der Waals surface area contributed by atoms with Gasteiger partial charge in [0.25, 0.3) is 0 Å². The number of aliphatic hydroxyl groups is 1. The fourth-order valence-corrected chi connectivity index (χ4v) is 1.04. The third-order valence-corrected chi connectivity index (χ3v) is 2.53. The van der Waals surface area contributed by atoms with Crippen molar-refractivity contribution in [2.75, 3.05) is 13.2 Å². The molecule has 0 amide bonds. The second kappa shape index (κ2) is 14.4. The Hall–Kier alpha value is -0.940. The van der Waals surface area contributed by atoms with Crippen LogP contribution in [0.25, 0.3) is 0 Å². The fourth-order valence-electron chi connectivity index (χ4n) is 1.04. The van der Waals surface area contributed by atoms with Crippen molar-refractivity contribution in [2.24, 2.45) is 5.41 Å². The molecule has 0 heterocycles. The van der Waals surface area contributed by atoms with Gasteiger partial charge in [-0.05, 0) is 38.2 Å². The van der Waals surface area contributed by atoms with Crippen molar-refractivity contribution in [2.45, 2.75) is 74.3 Å². The maximum Gasteiger partial charge on any atom is 0.0896 e. The van der Waals surface area contributed by atoms with Gasteiger partial charge in [0, 0.05) is 0 Å². The van der Waals surface area contributed by atoms with Crippen molar-refractivity contribution >= 4 is 0 Å². The van der Waals surface area contributed by atoms with Crippen LogP contribution in [0.1, 0.15) is 68.7 Å². The third kappa shape index (κ3) is 26.0. The first kappa shape index (κ1) is 27.9. The Morgan fingerprint density at radius 3 is 2.04 bits per heavy atom. The molecule has 24 heavy (non-hydrogen) atoms. The number of nitrogens with zero attached hydrogens (tertiary/aromatic N) is 1. The monoisotopic (exact) mass is 343 g/mol. The molecular formula is C20H41NO3. The normalized spacial score (nSPS) is 12.2. The molecule has 0 aromatic rings. The van der Waals surface area contributed by atoms with E-state index >= 15 is 0 Å². The molecule has 0 saturated heterocycles. The molecule has 0 spiro atoms. The smallest absolute Gasteiger partial charge is 0.0896 e. The predicted octanol–water partition coefficient (Wildman–Crippen LogP) is 5.54. The zero-order valence-corrected chi connectivity index (χ0v) is 16.1. The van der Waals surface area contributed by atoms with Crippen molar-refractivity contribution in [1.82, 2.24) is 5.23 Å². The first-order valence-electron chi connectivity index (χ1n) is 8.22. The minimum absolute atomic E-state index is 0. The first-order chi connectivity index (χ1) is 10.4. The van der Waals surface area contributed by atoms with Gasteiger partial charge in [-0.15, -0.1) is 0 Å². The summed E-state index contributed by atoms with van der Waals surface area (Å²) >= 11 is 0. The van der Waals surface area contributed by atoms with E-state index in [1.165, 1.54) is 0 Å². The average molecular weight is 344 g/mol. The summed E-state index contributed by atoms with van der Waals surface area (Å²) in [5, 5.41) is 18.7. The Labute approximate surface area is 150 Å². The van der Waals surface area contributed by atoms with Crippen LogP contribution in [-0.4, -0.2) is 34.3 Å². The molecule has 0 radical (unpaired) electrons. The van der Waals surface area contributed by atoms with Crippen molar-refractivity contribution in [1.29, 1.82) is 0 Å². The zero-order valence-electron chi connectivity index (χ0n) is 16.1. The molecule has 0 rings (SSSR count). The molecule has 0 bridgehead atoms. The van der Waals surface area contributed by atoms with E-state index in [-0.39, 0.29) is 12.8 Å². The Balaban J connectivity index is -0.000000639. The van der Waals surface area contributed by atoms with Crippen molar-refractivity contribution < 1.29 is 15.2 Å². The maximum absolute atomic E-state index is 9.28. The van der Waals surface area contributed by atoms with Gasteiger partial charge in [-0.2, -0.15) is 0 Å². The molecule has 0 aromatic carbocycles. The predicted molar refractivity (Wildman–Crippen MR) is 105 cm³/mol. The number of hydrogen-bond donors (Lipinski definition) is 2. The summed E-state index contributed by atoms with van der Waals surface area (Å²) < 4.78 is 0. The highest BCUT2D eigenvalue weighted by Gasteiger charge is 2.11. The van der Waals surface area contributed by atoms with Crippen LogP contribution in [0.15, 0.2) is 36.5 Å². The number of unbranched alkanes of at least 4 members (excludes halogenated alkanes) is 1. The topological polar surface area (TPSA) is 52.9 Å². The van der Waals surface area contributed by atoms with E-state index in [9.17, 15) is 5.21 Å². The Morgan fingerprint density at radius 2 is 1.62 bits per heavy atom. The highest BCUT2D eigenvalue weighted by atomic mass is 16.9. The average Bonchev–Trinajstić information content (AvgIpc) is 2.37. The minimum atomic E-state index is -0.500. The van der Waals surface area contributed by atoms with E-state index in [1.54, 1.807) is 20.8 Å². The zero-order chi connectivity index (χ0) is 18.5. The van der Waals surface area contributed by atoms with Crippen LogP contribution in [0.3, 0.4) is 0 Å². The highest BCUT2D eigenvalue weighted by molar-refractivity contribution is 5.24. The Kier molecular flexibility index (Phi) is 16.7. The lowest BCUT2D eigenvalue weighted by atomic mass is 9.87. The van der Waals surface area contributed by atoms with Crippen molar-refractivity contribution in [3.05, 3.63) is 36.5 Å². The molecule has 0 aromatic heterocycles. The minimum Gasteiger partial charge on any atom is -0.391 e. The molecule has 0 saturated carbocycles. The Bertz CT molecular complexity index is 354. The van der Waals surface area contributed by atoms with Gasteiger partial charge in [0.15, 0.2) is 0 Å². The number of hydrogen-bond acceptors (Lipinski definition) is 4. The molecule has 0 aliphatic heterocycles. The van der Waals surface area contributed by atoms with Crippen molar-refractivity contribution in [3.8, 4) is 0 Å². The summed E-state index contributed by atoms with van der Waals surface area (Å²) in [4.78, 5) is 5.06. The summed E-state index contributed by atoms with van der Waals surface area (Å²) in [6.45, 7) is 18.6. The van der Waals surface area contributed by atoms with Gasteiger partial charge in [-0.1, -0.05) is 77.7 Å². The van der Waals surface area contributed by atoms with Gasteiger partial charge in [0.05, 0.1) is 18.8 Å². The highest BCUT2D eigenvalue weighted by Crippen LogP contribution is 2.24. The van der Waals surface area contributed by atoms with Crippen LogP contribution in [0.5, 0.6) is 0 Å². The van der Waals surface area contributed by atoms with Gasteiger partial charge < -0.3 is 5.11 Å². The van der Waals surface area contributed by atoms with Crippen LogP contribution in [0.4, 0.5) is 0 Å². The van der Waals surface area contributed by atoms with E-state index in [4.69, 9.17) is 9.94 Å². The van der Waals surface area contributed by atoms with E-state index in [2.05, 4.69) is 34.3 Å². The number of rotatable bonds is 8. The van der Waals surface area contributed by atoms with Gasteiger partial charge >= 0.3 is 0 Å². The molecule has 0 atom stereocenters. The molecule has 0 unspecified atom stereocenters. The summed E-state index contributed by atoms with van der Waals surface area (Å²) in [6, 6.07) is 0. The maximum atomic E-state index is 9.28. The molecule has 0 aliphatic carbocycles. The third-order valence-electron chi connectivity index (χ3n) is 2.53. The number of hydroxylamine groups is 2. The molecular weight excluding hydrogens is 302 g/mol. The van der Waals surface area contributed by atoms with E-state index in [0.717, 1.165) is 23.6 Å². The lowest BCUT2D eigenvalue weighted by Crippen LogP contribution is -2.20. The van der Waals surface area contributed by atoms with Gasteiger partial charge in [-0.25, -0.2) is 0 Å². The lowest BCUT2D eigenvalue weighted by molar-refractivity contribution is -0.334. The van der Waals surface area contributed by atoms with Gasteiger partial charge in [0.2, 0.25) is 0 Å².